The highest BCUT2D eigenvalue weighted by Crippen LogP contribution is 2.19. The van der Waals surface area contributed by atoms with Crippen molar-refractivity contribution in [2.45, 2.75) is 31.7 Å². The number of thiophene rings is 1. The summed E-state index contributed by atoms with van der Waals surface area (Å²) in [5.41, 5.74) is 1.48. The maximum absolute atomic E-state index is 5.28. The number of piperidine rings is 1. The van der Waals surface area contributed by atoms with Gasteiger partial charge in [-0.2, -0.15) is 11.3 Å². The van der Waals surface area contributed by atoms with E-state index in [1.54, 1.807) is 11.3 Å². The fraction of sp³-hybridized carbons (Fsp3) is 0.667. The second kappa shape index (κ2) is 6.93. The molecule has 0 unspecified atom stereocenters. The van der Waals surface area contributed by atoms with Crippen LogP contribution in [-0.2, 0) is 9.49 Å². The molecule has 0 spiro atoms. The molecule has 4 heteroatoms. The normalized spacial score (nSPS) is 22.4. The summed E-state index contributed by atoms with van der Waals surface area (Å²) in [4.78, 5) is 2.60. The topological polar surface area (TPSA) is 12.5 Å². The summed E-state index contributed by atoms with van der Waals surface area (Å²) < 4.78 is 5.28. The largest absolute Gasteiger partial charge is 0.314 e. The van der Waals surface area contributed by atoms with Crippen molar-refractivity contribution >= 4 is 34.3 Å². The molecule has 0 aromatic carbocycles. The molecular weight excluding hydrogens is 333 g/mol. The van der Waals surface area contributed by atoms with Crippen molar-refractivity contribution in [1.82, 2.24) is 4.90 Å². The standard InChI is InChI=1S/C12H18INOS/c13-15-9-12-3-1-2-6-14(12)7-4-11-5-8-16-10-11/h5,8,10,12H,1-4,6-7,9H2/t12-/m0/s1. The van der Waals surface area contributed by atoms with Crippen LogP contribution in [0.1, 0.15) is 24.8 Å². The molecule has 1 aliphatic rings. The lowest BCUT2D eigenvalue weighted by molar-refractivity contribution is 0.117. The zero-order chi connectivity index (χ0) is 11.2. The van der Waals surface area contributed by atoms with Crippen molar-refractivity contribution < 1.29 is 3.07 Å². The molecule has 90 valence electrons. The maximum atomic E-state index is 5.28. The first-order valence-electron chi connectivity index (χ1n) is 5.89. The van der Waals surface area contributed by atoms with Gasteiger partial charge in [0.15, 0.2) is 0 Å². The van der Waals surface area contributed by atoms with Crippen LogP contribution in [0.5, 0.6) is 0 Å². The molecule has 0 bridgehead atoms. The first-order valence-corrected chi connectivity index (χ1v) is 7.71. The molecule has 2 heterocycles. The lowest BCUT2D eigenvalue weighted by Crippen LogP contribution is -2.42. The van der Waals surface area contributed by atoms with Gasteiger partial charge in [-0.05, 0) is 48.2 Å². The Labute approximate surface area is 116 Å². The molecule has 1 saturated heterocycles. The molecule has 1 fully saturated rings. The summed E-state index contributed by atoms with van der Waals surface area (Å²) in [6, 6.07) is 2.88. The van der Waals surface area contributed by atoms with Crippen LogP contribution in [0.15, 0.2) is 16.8 Å². The average molecular weight is 351 g/mol. The van der Waals surface area contributed by atoms with E-state index < -0.39 is 0 Å². The van der Waals surface area contributed by atoms with Crippen LogP contribution in [0, 0.1) is 0 Å². The van der Waals surface area contributed by atoms with Crippen LogP contribution in [0.25, 0.3) is 0 Å². The van der Waals surface area contributed by atoms with Gasteiger partial charge in [0.1, 0.15) is 23.0 Å². The van der Waals surface area contributed by atoms with Crippen molar-refractivity contribution in [3.8, 4) is 0 Å². The minimum absolute atomic E-state index is 0.643. The molecule has 0 aliphatic carbocycles. The van der Waals surface area contributed by atoms with Gasteiger partial charge in [-0.3, -0.25) is 4.90 Å². The quantitative estimate of drug-likeness (QED) is 0.753. The summed E-state index contributed by atoms with van der Waals surface area (Å²) in [5.74, 6) is 0. The third-order valence-electron chi connectivity index (χ3n) is 3.27. The third-order valence-corrected chi connectivity index (χ3v) is 4.36. The highest BCUT2D eigenvalue weighted by molar-refractivity contribution is 14.1. The molecular formula is C12H18INOS. The van der Waals surface area contributed by atoms with Crippen molar-refractivity contribution in [2.24, 2.45) is 0 Å². The van der Waals surface area contributed by atoms with Gasteiger partial charge >= 0.3 is 0 Å². The molecule has 1 aromatic rings. The Kier molecular flexibility index (Phi) is 5.55. The van der Waals surface area contributed by atoms with E-state index in [9.17, 15) is 0 Å². The first kappa shape index (κ1) is 12.8. The van der Waals surface area contributed by atoms with E-state index in [2.05, 4.69) is 21.7 Å². The molecule has 0 radical (unpaired) electrons. The monoisotopic (exact) mass is 351 g/mol. The Hall–Kier alpha value is 0.350. The summed E-state index contributed by atoms with van der Waals surface area (Å²) in [6.45, 7) is 3.31. The number of halogens is 1. The Morgan fingerprint density at radius 2 is 2.44 bits per heavy atom. The van der Waals surface area contributed by atoms with E-state index in [4.69, 9.17) is 3.07 Å². The van der Waals surface area contributed by atoms with Crippen molar-refractivity contribution in [1.29, 1.82) is 0 Å². The molecule has 0 amide bonds. The highest BCUT2D eigenvalue weighted by Gasteiger charge is 2.21. The predicted molar refractivity (Wildman–Crippen MR) is 77.2 cm³/mol. The smallest absolute Gasteiger partial charge is 0.109 e. The minimum Gasteiger partial charge on any atom is -0.314 e. The number of hydrogen-bond donors (Lipinski definition) is 0. The van der Waals surface area contributed by atoms with E-state index in [0.29, 0.717) is 6.04 Å². The second-order valence-corrected chi connectivity index (χ2v) is 5.75. The van der Waals surface area contributed by atoms with E-state index in [1.807, 2.05) is 23.0 Å². The zero-order valence-corrected chi connectivity index (χ0v) is 12.4. The molecule has 1 aromatic heterocycles. The van der Waals surface area contributed by atoms with Gasteiger partial charge in [-0.1, -0.05) is 6.42 Å². The Morgan fingerprint density at radius 1 is 1.50 bits per heavy atom. The molecule has 2 rings (SSSR count). The third kappa shape index (κ3) is 3.68. The second-order valence-electron chi connectivity index (χ2n) is 4.34. The van der Waals surface area contributed by atoms with Gasteiger partial charge in [0, 0.05) is 12.6 Å². The van der Waals surface area contributed by atoms with E-state index in [1.165, 1.54) is 44.3 Å². The summed E-state index contributed by atoms with van der Waals surface area (Å²) in [6.07, 6.45) is 5.19. The fourth-order valence-electron chi connectivity index (χ4n) is 2.32. The highest BCUT2D eigenvalue weighted by atomic mass is 127. The Morgan fingerprint density at radius 3 is 3.19 bits per heavy atom. The molecule has 0 N–H and O–H groups in total. The summed E-state index contributed by atoms with van der Waals surface area (Å²) in [5, 5.41) is 4.42. The van der Waals surface area contributed by atoms with Crippen molar-refractivity contribution in [2.75, 3.05) is 19.7 Å². The molecule has 1 aliphatic heterocycles. The van der Waals surface area contributed by atoms with Crippen LogP contribution >= 0.6 is 34.3 Å². The van der Waals surface area contributed by atoms with Gasteiger partial charge in [0.2, 0.25) is 0 Å². The predicted octanol–water partition coefficient (Wildman–Crippen LogP) is 3.51. The van der Waals surface area contributed by atoms with Crippen LogP contribution in [0.3, 0.4) is 0 Å². The minimum atomic E-state index is 0.643. The molecule has 2 nitrogen and oxygen atoms in total. The van der Waals surface area contributed by atoms with E-state index >= 15 is 0 Å². The number of hydrogen-bond acceptors (Lipinski definition) is 3. The van der Waals surface area contributed by atoms with Gasteiger partial charge in [0.25, 0.3) is 0 Å². The molecule has 16 heavy (non-hydrogen) atoms. The summed E-state index contributed by atoms with van der Waals surface area (Å²) >= 11 is 3.81. The average Bonchev–Trinajstić information content (AvgIpc) is 2.81. The fourth-order valence-corrected chi connectivity index (χ4v) is 3.44. The van der Waals surface area contributed by atoms with Crippen LogP contribution in [0.2, 0.25) is 0 Å². The van der Waals surface area contributed by atoms with Gasteiger partial charge < -0.3 is 3.07 Å². The van der Waals surface area contributed by atoms with Crippen molar-refractivity contribution in [3.63, 3.8) is 0 Å². The SMILES string of the molecule is IOC[C@@H]1CCCCN1CCc1ccsc1. The van der Waals surface area contributed by atoms with Crippen LogP contribution in [0.4, 0.5) is 0 Å². The maximum Gasteiger partial charge on any atom is 0.109 e. The van der Waals surface area contributed by atoms with Crippen molar-refractivity contribution in [3.05, 3.63) is 22.4 Å². The Bertz CT molecular complexity index is 289. The lowest BCUT2D eigenvalue weighted by atomic mass is 10.0. The first-order chi connectivity index (χ1) is 7.90. The van der Waals surface area contributed by atoms with Gasteiger partial charge in [-0.15, -0.1) is 0 Å². The summed E-state index contributed by atoms with van der Waals surface area (Å²) in [7, 11) is 0. The van der Waals surface area contributed by atoms with E-state index in [0.717, 1.165) is 6.61 Å². The molecule has 1 atom stereocenters. The van der Waals surface area contributed by atoms with E-state index in [-0.39, 0.29) is 0 Å². The van der Waals surface area contributed by atoms with Gasteiger partial charge in [0.05, 0.1) is 6.61 Å². The molecule has 0 saturated carbocycles. The lowest BCUT2D eigenvalue weighted by Gasteiger charge is -2.34. The van der Waals surface area contributed by atoms with Gasteiger partial charge in [-0.25, -0.2) is 0 Å². The number of rotatable bonds is 5. The van der Waals surface area contributed by atoms with Crippen LogP contribution < -0.4 is 0 Å². The zero-order valence-electron chi connectivity index (χ0n) is 9.40. The number of likely N-dealkylation sites (tertiary alicyclic amines) is 1. The number of nitrogens with zero attached hydrogens (tertiary/aromatic N) is 1. The Balaban J connectivity index is 1.81. The van der Waals surface area contributed by atoms with Crippen LogP contribution in [-0.4, -0.2) is 30.6 Å².